The molecular formula is C31H22F5NO4S2. The van der Waals surface area contributed by atoms with Gasteiger partial charge in [0.15, 0.2) is 17.3 Å². The minimum absolute atomic E-state index is 0.0816. The molecule has 6 rings (SSSR count). The minimum atomic E-state index is -4.84. The average molecular weight is 632 g/mol. The number of fused-ring (bicyclic) bond motifs is 2. The fraction of sp³-hybridized carbons (Fsp3) is 0.226. The zero-order valence-corrected chi connectivity index (χ0v) is 24.1. The topological polar surface area (TPSA) is 57.5 Å². The van der Waals surface area contributed by atoms with Crippen LogP contribution >= 0.6 is 23.5 Å². The molecule has 2 aliphatic rings. The van der Waals surface area contributed by atoms with E-state index >= 15 is 8.78 Å². The summed E-state index contributed by atoms with van der Waals surface area (Å²) < 4.78 is 84.9. The van der Waals surface area contributed by atoms with Crippen LogP contribution in [0.15, 0.2) is 75.4 Å². The van der Waals surface area contributed by atoms with Crippen molar-refractivity contribution in [3.8, 4) is 22.6 Å². The molecule has 1 aromatic heterocycles. The molecule has 1 unspecified atom stereocenters. The third-order valence-electron chi connectivity index (χ3n) is 7.36. The summed E-state index contributed by atoms with van der Waals surface area (Å²) in [4.78, 5) is 28.3. The number of ether oxygens (including phenoxy) is 2. The number of rotatable bonds is 5. The maximum Gasteiger partial charge on any atom is 0.416 e. The summed E-state index contributed by atoms with van der Waals surface area (Å²) >= 11 is 2.05. The molecule has 0 spiro atoms. The highest BCUT2D eigenvalue weighted by atomic mass is 32.2. The number of hydrogen-bond acceptors (Lipinski definition) is 6. The molecule has 0 fully saturated rings. The van der Waals surface area contributed by atoms with Crippen LogP contribution in [0.1, 0.15) is 28.3 Å². The molecule has 43 heavy (non-hydrogen) atoms. The van der Waals surface area contributed by atoms with Crippen molar-refractivity contribution in [2.45, 2.75) is 35.5 Å². The summed E-state index contributed by atoms with van der Waals surface area (Å²) in [5.41, 5.74) is -2.38. The van der Waals surface area contributed by atoms with Gasteiger partial charge in [0.2, 0.25) is 5.12 Å². The highest BCUT2D eigenvalue weighted by Crippen LogP contribution is 2.45. The first-order valence-electron chi connectivity index (χ1n) is 13.2. The molecule has 0 N–H and O–H groups in total. The molecule has 3 heterocycles. The number of hydrogen-bond donors (Lipinski definition) is 0. The number of alkyl halides is 3. The lowest BCUT2D eigenvalue weighted by Gasteiger charge is -2.23. The number of thioether (sulfide) groups is 2. The molecule has 0 aliphatic carbocycles. The number of carbonyl (C=O) groups excluding carboxylic acids is 1. The summed E-state index contributed by atoms with van der Waals surface area (Å²) in [5, 5.41) is -0.127. The molecular weight excluding hydrogens is 609 g/mol. The number of carbonyl (C=O) groups is 1. The normalized spacial score (nSPS) is 15.8. The van der Waals surface area contributed by atoms with Gasteiger partial charge in [-0.1, -0.05) is 24.3 Å². The Labute approximate surface area is 251 Å². The van der Waals surface area contributed by atoms with Crippen molar-refractivity contribution in [2.24, 2.45) is 0 Å². The van der Waals surface area contributed by atoms with E-state index in [0.29, 0.717) is 4.90 Å². The van der Waals surface area contributed by atoms with Crippen molar-refractivity contribution in [1.29, 1.82) is 0 Å². The van der Waals surface area contributed by atoms with Crippen molar-refractivity contribution in [3.63, 3.8) is 0 Å². The van der Waals surface area contributed by atoms with Crippen LogP contribution in [0.5, 0.6) is 11.5 Å². The van der Waals surface area contributed by atoms with E-state index in [1.165, 1.54) is 23.6 Å². The average Bonchev–Trinajstić information content (AvgIpc) is 3.43. The van der Waals surface area contributed by atoms with Crippen molar-refractivity contribution < 1.29 is 36.2 Å². The molecule has 1 atom stereocenters. The third kappa shape index (κ3) is 5.31. The molecule has 0 radical (unpaired) electrons. The Morgan fingerprint density at radius 3 is 2.49 bits per heavy atom. The maximum atomic E-state index is 15.9. The fourth-order valence-electron chi connectivity index (χ4n) is 5.33. The van der Waals surface area contributed by atoms with E-state index in [4.69, 9.17) is 9.47 Å². The second-order valence-electron chi connectivity index (χ2n) is 9.91. The number of halogens is 5. The highest BCUT2D eigenvalue weighted by molar-refractivity contribution is 8.13. The van der Waals surface area contributed by atoms with Crippen LogP contribution in [0.4, 0.5) is 22.0 Å². The predicted octanol–water partition coefficient (Wildman–Crippen LogP) is 7.45. The van der Waals surface area contributed by atoms with Crippen molar-refractivity contribution in [3.05, 3.63) is 105 Å². The molecule has 5 nitrogen and oxygen atoms in total. The van der Waals surface area contributed by atoms with Gasteiger partial charge in [-0.15, -0.1) is 11.8 Å². The van der Waals surface area contributed by atoms with E-state index in [9.17, 15) is 22.8 Å². The summed E-state index contributed by atoms with van der Waals surface area (Å²) in [6.45, 7) is 1.78. The van der Waals surface area contributed by atoms with Gasteiger partial charge in [0.05, 0.1) is 16.2 Å². The van der Waals surface area contributed by atoms with Gasteiger partial charge in [0.25, 0.3) is 5.56 Å². The summed E-state index contributed by atoms with van der Waals surface area (Å²) in [6, 6.07) is 13.3. The molecule has 0 amide bonds. The molecule has 4 aromatic rings. The first-order chi connectivity index (χ1) is 20.6. The van der Waals surface area contributed by atoms with E-state index in [1.807, 2.05) is 0 Å². The van der Waals surface area contributed by atoms with Gasteiger partial charge in [-0.05, 0) is 66.2 Å². The zero-order valence-electron chi connectivity index (χ0n) is 22.5. The van der Waals surface area contributed by atoms with Gasteiger partial charge < -0.3 is 9.47 Å². The molecule has 0 saturated heterocycles. The van der Waals surface area contributed by atoms with E-state index in [-0.39, 0.29) is 62.9 Å². The summed E-state index contributed by atoms with van der Waals surface area (Å²) in [5.74, 6) is -1.86. The van der Waals surface area contributed by atoms with Crippen molar-refractivity contribution >= 4 is 28.6 Å². The Morgan fingerprint density at radius 1 is 1.00 bits per heavy atom. The fourth-order valence-corrected chi connectivity index (χ4v) is 7.65. The van der Waals surface area contributed by atoms with Crippen LogP contribution in [0.2, 0.25) is 0 Å². The van der Waals surface area contributed by atoms with E-state index < -0.39 is 47.0 Å². The predicted molar refractivity (Wildman–Crippen MR) is 153 cm³/mol. The third-order valence-corrected chi connectivity index (χ3v) is 9.54. The second-order valence-corrected chi connectivity index (χ2v) is 12.0. The number of benzene rings is 3. The number of aromatic nitrogens is 1. The maximum absolute atomic E-state index is 15.9. The minimum Gasteiger partial charge on any atom is -0.486 e. The quantitative estimate of drug-likeness (QED) is 0.169. The zero-order chi connectivity index (χ0) is 30.5. The standard InChI is InChI=1S/C31H22F5NO4S2/c1-16-19(14-20-21(31(34,35)36)8-5-9-22(20)32)29-37(23(15-42-29)30(39)43-17-6-3-2-4-7-17)28(38)25(16)18-10-11-24-27(26(18)33)41-13-12-40-24/h2-11,23H,12-15H2,1H3. The molecule has 3 aromatic carbocycles. The van der Waals surface area contributed by atoms with Crippen LogP contribution in [-0.4, -0.2) is 28.6 Å². The lowest BCUT2D eigenvalue weighted by atomic mass is 9.92. The SMILES string of the molecule is Cc1c(Cc2c(F)cccc2C(F)(F)F)c2n(c(=O)c1-c1ccc3c(c1F)OCCO3)C(C(=O)Sc1ccccc1)CS2. The Hall–Kier alpha value is -3.77. The van der Waals surface area contributed by atoms with Crippen LogP contribution in [0.25, 0.3) is 11.1 Å². The number of nitrogens with zero attached hydrogens (tertiary/aromatic N) is 1. The number of pyridine rings is 1. The van der Waals surface area contributed by atoms with Gasteiger partial charge in [0, 0.05) is 28.2 Å². The van der Waals surface area contributed by atoms with E-state index in [0.717, 1.165) is 41.7 Å². The first kappa shape index (κ1) is 29.3. The Kier molecular flexibility index (Phi) is 7.76. The molecule has 0 saturated carbocycles. The second kappa shape index (κ2) is 11.4. The Balaban J connectivity index is 1.56. The molecule has 222 valence electrons. The van der Waals surface area contributed by atoms with Crippen LogP contribution in [0, 0.1) is 18.6 Å². The van der Waals surface area contributed by atoms with Crippen molar-refractivity contribution in [1.82, 2.24) is 4.57 Å². The smallest absolute Gasteiger partial charge is 0.416 e. The van der Waals surface area contributed by atoms with Crippen LogP contribution < -0.4 is 15.0 Å². The van der Waals surface area contributed by atoms with Crippen LogP contribution in [-0.2, 0) is 17.4 Å². The summed E-state index contributed by atoms with van der Waals surface area (Å²) in [6.07, 6.45) is -5.38. The summed E-state index contributed by atoms with van der Waals surface area (Å²) in [7, 11) is 0. The lowest BCUT2D eigenvalue weighted by molar-refractivity contribution is -0.138. The first-order valence-corrected chi connectivity index (χ1v) is 15.0. The lowest BCUT2D eigenvalue weighted by Crippen LogP contribution is -2.31. The molecule has 12 heteroatoms. The highest BCUT2D eigenvalue weighted by Gasteiger charge is 2.38. The van der Waals surface area contributed by atoms with Gasteiger partial charge in [-0.3, -0.25) is 14.2 Å². The van der Waals surface area contributed by atoms with E-state index in [2.05, 4.69) is 0 Å². The molecule has 2 aliphatic heterocycles. The van der Waals surface area contributed by atoms with Gasteiger partial charge in [-0.25, -0.2) is 8.78 Å². The molecule has 0 bridgehead atoms. The van der Waals surface area contributed by atoms with Gasteiger partial charge in [0.1, 0.15) is 25.1 Å². The van der Waals surface area contributed by atoms with Gasteiger partial charge >= 0.3 is 6.18 Å². The largest absolute Gasteiger partial charge is 0.486 e. The van der Waals surface area contributed by atoms with Gasteiger partial charge in [-0.2, -0.15) is 13.2 Å². The van der Waals surface area contributed by atoms with Crippen LogP contribution in [0.3, 0.4) is 0 Å². The monoisotopic (exact) mass is 631 g/mol. The van der Waals surface area contributed by atoms with E-state index in [1.54, 1.807) is 30.3 Å². The van der Waals surface area contributed by atoms with Crippen molar-refractivity contribution in [2.75, 3.05) is 19.0 Å². The Morgan fingerprint density at radius 2 is 1.74 bits per heavy atom. The Bertz CT molecular complexity index is 1810.